The Bertz CT molecular complexity index is 1630. The van der Waals surface area contributed by atoms with E-state index >= 15 is 0 Å². The Morgan fingerprint density at radius 2 is 0.820 bits per heavy atom. The Balaban J connectivity index is 1.05. The van der Waals surface area contributed by atoms with Gasteiger partial charge in [-0.2, -0.15) is 0 Å². The fraction of sp³-hybridized carbons (Fsp3) is 0.238. The average Bonchev–Trinajstić information content (AvgIpc) is 3.15. The number of anilines is 2. The van der Waals surface area contributed by atoms with Gasteiger partial charge in [-0.1, -0.05) is 108 Å². The number of para-hydroxylation sites is 4. The second-order valence-electron chi connectivity index (χ2n) is 11.9. The number of hydrogen-bond acceptors (Lipinski definition) is 6. The summed E-state index contributed by atoms with van der Waals surface area (Å²) in [5, 5.41) is 0. The van der Waals surface area contributed by atoms with Gasteiger partial charge >= 0.3 is 0 Å². The van der Waals surface area contributed by atoms with Crippen LogP contribution in [0.3, 0.4) is 0 Å². The predicted molar refractivity (Wildman–Crippen MR) is 197 cm³/mol. The SMILES string of the molecule is Cc1ccc(CN(C(=O)COCCOc2ccccc2OCCOCC(=O)N(Cc2ccc(C)cc2)c2ccccc2)c2ccccc2)cc1. The molecule has 5 rings (SSSR count). The van der Waals surface area contributed by atoms with Gasteiger partial charge in [0.2, 0.25) is 0 Å². The number of carbonyl (C=O) groups excluding carboxylic acids is 2. The van der Waals surface area contributed by atoms with Crippen molar-refractivity contribution in [1.82, 2.24) is 0 Å². The Hall–Kier alpha value is -5.44. The van der Waals surface area contributed by atoms with Crippen LogP contribution in [0.4, 0.5) is 11.4 Å². The minimum atomic E-state index is -0.138. The van der Waals surface area contributed by atoms with E-state index in [9.17, 15) is 9.59 Å². The number of rotatable bonds is 18. The van der Waals surface area contributed by atoms with Gasteiger partial charge in [0.15, 0.2) is 11.5 Å². The molecule has 0 heterocycles. The van der Waals surface area contributed by atoms with Crippen LogP contribution in [0.2, 0.25) is 0 Å². The highest BCUT2D eigenvalue weighted by atomic mass is 16.6. The largest absolute Gasteiger partial charge is 0.487 e. The van der Waals surface area contributed by atoms with Crippen LogP contribution in [0.15, 0.2) is 133 Å². The third-order valence-corrected chi connectivity index (χ3v) is 7.93. The van der Waals surface area contributed by atoms with Crippen molar-refractivity contribution < 1.29 is 28.5 Å². The van der Waals surface area contributed by atoms with E-state index in [0.717, 1.165) is 22.5 Å². The molecule has 0 saturated carbocycles. The van der Waals surface area contributed by atoms with Gasteiger partial charge in [0.1, 0.15) is 26.4 Å². The van der Waals surface area contributed by atoms with Gasteiger partial charge in [0, 0.05) is 11.4 Å². The first-order valence-electron chi connectivity index (χ1n) is 16.8. The number of benzene rings is 5. The van der Waals surface area contributed by atoms with Crippen LogP contribution in [0.1, 0.15) is 22.3 Å². The number of ether oxygens (including phenoxy) is 4. The lowest BCUT2D eigenvalue weighted by atomic mass is 10.1. The lowest BCUT2D eigenvalue weighted by molar-refractivity contribution is -0.124. The fourth-order valence-corrected chi connectivity index (χ4v) is 5.20. The zero-order valence-electron chi connectivity index (χ0n) is 28.7. The summed E-state index contributed by atoms with van der Waals surface area (Å²) in [5.41, 5.74) is 6.04. The molecule has 5 aromatic carbocycles. The van der Waals surface area contributed by atoms with Crippen LogP contribution in [0.25, 0.3) is 0 Å². The Morgan fingerprint density at radius 1 is 0.460 bits per heavy atom. The van der Waals surface area contributed by atoms with Gasteiger partial charge in [-0.3, -0.25) is 9.59 Å². The summed E-state index contributed by atoms with van der Waals surface area (Å²) in [7, 11) is 0. The van der Waals surface area contributed by atoms with E-state index in [2.05, 4.69) is 0 Å². The molecule has 0 aliphatic heterocycles. The number of aryl methyl sites for hydroxylation is 2. The summed E-state index contributed by atoms with van der Waals surface area (Å²) in [6.45, 7) is 5.73. The van der Waals surface area contributed by atoms with Crippen molar-refractivity contribution >= 4 is 23.2 Å². The van der Waals surface area contributed by atoms with E-state index in [0.29, 0.717) is 24.6 Å². The molecular formula is C42H44N2O6. The summed E-state index contributed by atoms with van der Waals surface area (Å²) in [4.78, 5) is 29.9. The molecule has 8 nitrogen and oxygen atoms in total. The van der Waals surface area contributed by atoms with Crippen LogP contribution in [-0.4, -0.2) is 51.5 Å². The molecule has 0 bridgehead atoms. The first-order chi connectivity index (χ1) is 24.5. The van der Waals surface area contributed by atoms with Crippen molar-refractivity contribution in [3.05, 3.63) is 156 Å². The maximum atomic E-state index is 13.2. The minimum Gasteiger partial charge on any atom is -0.487 e. The van der Waals surface area contributed by atoms with Crippen molar-refractivity contribution in [3.8, 4) is 11.5 Å². The van der Waals surface area contributed by atoms with Crippen LogP contribution in [-0.2, 0) is 32.2 Å². The van der Waals surface area contributed by atoms with Gasteiger partial charge in [-0.15, -0.1) is 0 Å². The molecule has 0 unspecified atom stereocenters. The summed E-state index contributed by atoms with van der Waals surface area (Å²) < 4.78 is 23.3. The van der Waals surface area contributed by atoms with Crippen LogP contribution >= 0.6 is 0 Å². The number of nitrogens with zero attached hydrogens (tertiary/aromatic N) is 2. The molecule has 258 valence electrons. The summed E-state index contributed by atoms with van der Waals surface area (Å²) >= 11 is 0. The third kappa shape index (κ3) is 11.1. The highest BCUT2D eigenvalue weighted by molar-refractivity contribution is 5.94. The molecule has 0 spiro atoms. The lowest BCUT2D eigenvalue weighted by Crippen LogP contribution is -2.34. The Labute approximate surface area is 294 Å². The maximum absolute atomic E-state index is 13.2. The van der Waals surface area contributed by atoms with Gasteiger partial charge < -0.3 is 28.7 Å². The molecule has 5 aromatic rings. The molecule has 8 heteroatoms. The summed E-state index contributed by atoms with van der Waals surface area (Å²) in [6, 6.07) is 42.8. The smallest absolute Gasteiger partial charge is 0.253 e. The van der Waals surface area contributed by atoms with Crippen LogP contribution in [0.5, 0.6) is 11.5 Å². The fourth-order valence-electron chi connectivity index (χ4n) is 5.20. The number of hydrogen-bond donors (Lipinski definition) is 0. The summed E-state index contributed by atoms with van der Waals surface area (Å²) in [5.74, 6) is 0.830. The quantitative estimate of drug-likeness (QED) is 0.0895. The summed E-state index contributed by atoms with van der Waals surface area (Å²) in [6.07, 6.45) is 0. The molecule has 0 aromatic heterocycles. The van der Waals surface area contributed by atoms with Gasteiger partial charge in [-0.05, 0) is 61.4 Å². The van der Waals surface area contributed by atoms with Gasteiger partial charge in [0.25, 0.3) is 11.8 Å². The molecule has 50 heavy (non-hydrogen) atoms. The highest BCUT2D eigenvalue weighted by Gasteiger charge is 2.18. The average molecular weight is 673 g/mol. The lowest BCUT2D eigenvalue weighted by Gasteiger charge is -2.23. The van der Waals surface area contributed by atoms with E-state index in [1.165, 1.54) is 11.1 Å². The maximum Gasteiger partial charge on any atom is 0.253 e. The van der Waals surface area contributed by atoms with Crippen molar-refractivity contribution in [2.24, 2.45) is 0 Å². The van der Waals surface area contributed by atoms with Crippen LogP contribution < -0.4 is 19.3 Å². The van der Waals surface area contributed by atoms with Crippen LogP contribution in [0, 0.1) is 13.8 Å². The topological polar surface area (TPSA) is 77.5 Å². The standard InChI is InChI=1S/C42H44N2O6/c1-33-17-21-35(22-18-33)29-43(37-11-5-3-6-12-37)41(45)31-47-25-27-49-39-15-9-10-16-40(39)50-28-26-48-32-42(46)44(38-13-7-4-8-14-38)30-36-23-19-34(2)20-24-36/h3-24H,25-32H2,1-2H3. The molecule has 0 aliphatic rings. The molecule has 0 N–H and O–H groups in total. The molecule has 0 fully saturated rings. The molecule has 0 aliphatic carbocycles. The third-order valence-electron chi connectivity index (χ3n) is 7.93. The zero-order valence-corrected chi connectivity index (χ0v) is 28.7. The van der Waals surface area contributed by atoms with Crippen molar-refractivity contribution in [2.45, 2.75) is 26.9 Å². The molecule has 0 atom stereocenters. The second-order valence-corrected chi connectivity index (χ2v) is 11.9. The second kappa shape index (κ2) is 18.9. The molecule has 0 radical (unpaired) electrons. The first kappa shape index (κ1) is 35.9. The minimum absolute atomic E-state index is 0.0783. The van der Waals surface area contributed by atoms with Crippen molar-refractivity contribution in [2.75, 3.05) is 49.4 Å². The molecular weight excluding hydrogens is 628 g/mol. The number of amides is 2. The van der Waals surface area contributed by atoms with Gasteiger partial charge in [0.05, 0.1) is 26.3 Å². The monoisotopic (exact) mass is 672 g/mol. The molecule has 2 amide bonds. The van der Waals surface area contributed by atoms with E-state index < -0.39 is 0 Å². The predicted octanol–water partition coefficient (Wildman–Crippen LogP) is 7.56. The number of carbonyl (C=O) groups is 2. The van der Waals surface area contributed by atoms with Crippen molar-refractivity contribution in [1.29, 1.82) is 0 Å². The van der Waals surface area contributed by atoms with Crippen molar-refractivity contribution in [3.63, 3.8) is 0 Å². The zero-order chi connectivity index (χ0) is 35.0. The molecule has 0 saturated heterocycles. The Morgan fingerprint density at radius 3 is 1.20 bits per heavy atom. The van der Waals surface area contributed by atoms with E-state index in [1.54, 1.807) is 9.80 Å². The van der Waals surface area contributed by atoms with E-state index in [4.69, 9.17) is 18.9 Å². The van der Waals surface area contributed by atoms with Gasteiger partial charge in [-0.25, -0.2) is 0 Å². The Kier molecular flexibility index (Phi) is 13.6. The van der Waals surface area contributed by atoms with E-state index in [-0.39, 0.29) is 51.5 Å². The highest BCUT2D eigenvalue weighted by Crippen LogP contribution is 2.26. The normalized spacial score (nSPS) is 10.8. The first-order valence-corrected chi connectivity index (χ1v) is 16.8. The van der Waals surface area contributed by atoms with E-state index in [1.807, 2.05) is 147 Å².